The summed E-state index contributed by atoms with van der Waals surface area (Å²) >= 11 is 0. The van der Waals surface area contributed by atoms with Crippen molar-refractivity contribution in [3.05, 3.63) is 70.6 Å². The summed E-state index contributed by atoms with van der Waals surface area (Å²) in [5, 5.41) is 4.07. The largest absolute Gasteiger partial charge is 0.378 e. The molecule has 8 heteroatoms. The molecule has 148 valence electrons. The minimum atomic E-state index is -0.208. The smallest absolute Gasteiger partial charge is 0.346 e. The lowest BCUT2D eigenvalue weighted by atomic mass is 10.1. The third kappa shape index (κ3) is 2.98. The van der Waals surface area contributed by atoms with Gasteiger partial charge in [-0.05, 0) is 43.3 Å². The summed E-state index contributed by atoms with van der Waals surface area (Å²) in [6.45, 7) is 1.87. The van der Waals surface area contributed by atoms with E-state index in [2.05, 4.69) is 5.27 Å². The van der Waals surface area contributed by atoms with Crippen molar-refractivity contribution in [1.29, 1.82) is 0 Å². The van der Waals surface area contributed by atoms with Gasteiger partial charge < -0.3 is 10.6 Å². The molecular weight excluding hydrogens is 368 g/mol. The fourth-order valence-corrected chi connectivity index (χ4v) is 3.41. The van der Waals surface area contributed by atoms with Gasteiger partial charge in [-0.15, -0.1) is 0 Å². The first-order valence-corrected chi connectivity index (χ1v) is 9.19. The van der Waals surface area contributed by atoms with Crippen LogP contribution in [0.15, 0.2) is 63.9 Å². The molecule has 0 aliphatic carbocycles. The first-order chi connectivity index (χ1) is 13.9. The zero-order valence-electron chi connectivity index (χ0n) is 16.8. The van der Waals surface area contributed by atoms with Crippen LogP contribution in [0.25, 0.3) is 22.6 Å². The fourth-order valence-electron chi connectivity index (χ4n) is 3.41. The van der Waals surface area contributed by atoms with Crippen LogP contribution < -0.4 is 20.9 Å². The third-order valence-electron chi connectivity index (χ3n) is 5.06. The van der Waals surface area contributed by atoms with Crippen molar-refractivity contribution >= 4 is 11.6 Å². The molecule has 0 aliphatic heterocycles. The highest BCUT2D eigenvalue weighted by molar-refractivity contribution is 5.68. The number of rotatable bonds is 4. The quantitative estimate of drug-likeness (QED) is 0.538. The topological polar surface area (TPSA) is 86.1 Å². The van der Waals surface area contributed by atoms with Crippen LogP contribution in [0.5, 0.6) is 0 Å². The van der Waals surface area contributed by atoms with Crippen LogP contribution in [-0.2, 0) is 7.05 Å². The molecule has 0 bridgehead atoms. The van der Waals surface area contributed by atoms with E-state index >= 15 is 0 Å². The maximum Gasteiger partial charge on any atom is 0.346 e. The van der Waals surface area contributed by atoms with Gasteiger partial charge in [0.15, 0.2) is 0 Å². The van der Waals surface area contributed by atoms with Gasteiger partial charge in [-0.1, -0.05) is 18.2 Å². The van der Waals surface area contributed by atoms with E-state index in [0.717, 1.165) is 22.6 Å². The molecular formula is C21H23N6O2+. The molecule has 0 radical (unpaired) electrons. The molecule has 0 saturated heterocycles. The van der Waals surface area contributed by atoms with Crippen LogP contribution in [0.4, 0.5) is 11.6 Å². The molecule has 0 aliphatic rings. The molecule has 0 amide bonds. The summed E-state index contributed by atoms with van der Waals surface area (Å²) in [6.07, 6.45) is 0. The lowest BCUT2D eigenvalue weighted by molar-refractivity contribution is -0.661. The SMILES string of the molecule is Cc1c(-[n+]2noc(N)c2-c2ccc(N(C)C)cc2)c(=O)n(-c2ccccc2)n1C. The molecule has 2 N–H and O–H groups in total. The molecule has 2 heterocycles. The number of hydrogen-bond acceptors (Lipinski definition) is 5. The highest BCUT2D eigenvalue weighted by Gasteiger charge is 2.34. The Morgan fingerprint density at radius 2 is 1.72 bits per heavy atom. The third-order valence-corrected chi connectivity index (χ3v) is 5.06. The summed E-state index contributed by atoms with van der Waals surface area (Å²) in [5.41, 5.74) is 10.2. The van der Waals surface area contributed by atoms with Crippen molar-refractivity contribution in [3.8, 4) is 22.6 Å². The predicted molar refractivity (Wildman–Crippen MR) is 112 cm³/mol. The van der Waals surface area contributed by atoms with E-state index in [1.165, 1.54) is 4.68 Å². The van der Waals surface area contributed by atoms with E-state index in [4.69, 9.17) is 10.3 Å². The van der Waals surface area contributed by atoms with E-state index in [0.29, 0.717) is 11.4 Å². The second-order valence-electron chi connectivity index (χ2n) is 7.05. The first-order valence-electron chi connectivity index (χ1n) is 9.19. The van der Waals surface area contributed by atoms with Gasteiger partial charge in [0.2, 0.25) is 5.27 Å². The van der Waals surface area contributed by atoms with Gasteiger partial charge in [0.05, 0.1) is 11.3 Å². The summed E-state index contributed by atoms with van der Waals surface area (Å²) in [4.78, 5) is 15.3. The Labute approximate surface area is 168 Å². The summed E-state index contributed by atoms with van der Waals surface area (Å²) in [7, 11) is 5.79. The van der Waals surface area contributed by atoms with Crippen molar-refractivity contribution in [2.45, 2.75) is 6.92 Å². The summed E-state index contributed by atoms with van der Waals surface area (Å²) in [5.74, 6) is 0.150. The average Bonchev–Trinajstić information content (AvgIpc) is 3.19. The minimum absolute atomic E-state index is 0.150. The maximum atomic E-state index is 13.3. The normalized spacial score (nSPS) is 11.0. The Kier molecular flexibility index (Phi) is 4.46. The van der Waals surface area contributed by atoms with E-state index in [1.54, 1.807) is 9.36 Å². The predicted octanol–water partition coefficient (Wildman–Crippen LogP) is 2.06. The number of aromatic nitrogens is 4. The molecule has 0 unspecified atom stereocenters. The number of nitrogens with two attached hydrogens (primary N) is 1. The molecule has 0 saturated carbocycles. The summed E-state index contributed by atoms with van der Waals surface area (Å²) in [6, 6.07) is 17.3. The van der Waals surface area contributed by atoms with Gasteiger partial charge in [0.25, 0.3) is 0 Å². The monoisotopic (exact) mass is 391 g/mol. The summed E-state index contributed by atoms with van der Waals surface area (Å²) < 4.78 is 10.1. The number of hydrogen-bond donors (Lipinski definition) is 1. The van der Waals surface area contributed by atoms with Gasteiger partial charge in [0.1, 0.15) is 5.69 Å². The van der Waals surface area contributed by atoms with Crippen LogP contribution in [0.3, 0.4) is 0 Å². The minimum Gasteiger partial charge on any atom is -0.378 e. The van der Waals surface area contributed by atoms with Crippen molar-refractivity contribution in [2.75, 3.05) is 24.7 Å². The molecule has 0 atom stereocenters. The number of nitrogen functional groups attached to an aromatic ring is 1. The molecule has 29 heavy (non-hydrogen) atoms. The lowest BCUT2D eigenvalue weighted by Crippen LogP contribution is -2.40. The number of nitrogens with zero attached hydrogens (tertiary/aromatic N) is 5. The van der Waals surface area contributed by atoms with Crippen LogP contribution >= 0.6 is 0 Å². The van der Waals surface area contributed by atoms with Gasteiger partial charge in [-0.2, -0.15) is 0 Å². The Morgan fingerprint density at radius 1 is 1.07 bits per heavy atom. The first kappa shape index (κ1) is 18.5. The zero-order chi connectivity index (χ0) is 20.7. The zero-order valence-corrected chi connectivity index (χ0v) is 16.8. The van der Waals surface area contributed by atoms with Gasteiger partial charge in [-0.25, -0.2) is 4.68 Å². The van der Waals surface area contributed by atoms with E-state index in [-0.39, 0.29) is 11.4 Å². The van der Waals surface area contributed by atoms with Gasteiger partial charge >= 0.3 is 22.8 Å². The van der Waals surface area contributed by atoms with Crippen molar-refractivity contribution < 1.29 is 9.20 Å². The highest BCUT2D eigenvalue weighted by atomic mass is 16.5. The van der Waals surface area contributed by atoms with E-state index < -0.39 is 0 Å². The number of anilines is 2. The molecule has 4 rings (SSSR count). The number of benzene rings is 2. The number of para-hydroxylation sites is 1. The Hall–Kier alpha value is -3.81. The van der Waals surface area contributed by atoms with Crippen LogP contribution in [-0.4, -0.2) is 28.7 Å². The maximum absolute atomic E-state index is 13.3. The van der Waals surface area contributed by atoms with E-state index in [9.17, 15) is 4.79 Å². The molecule has 2 aromatic heterocycles. The highest BCUT2D eigenvalue weighted by Crippen LogP contribution is 2.25. The van der Waals surface area contributed by atoms with Crippen molar-refractivity contribution in [2.24, 2.45) is 7.05 Å². The molecule has 2 aromatic carbocycles. The fraction of sp³-hybridized carbons (Fsp3) is 0.190. The van der Waals surface area contributed by atoms with Crippen LogP contribution in [0, 0.1) is 6.92 Å². The average molecular weight is 391 g/mol. The van der Waals surface area contributed by atoms with E-state index in [1.807, 2.05) is 87.6 Å². The molecule has 0 fully saturated rings. The second-order valence-corrected chi connectivity index (χ2v) is 7.05. The molecule has 4 aromatic rings. The van der Waals surface area contributed by atoms with Gasteiger partial charge in [-0.3, -0.25) is 14.0 Å². The Balaban J connectivity index is 1.91. The Bertz CT molecular complexity index is 1220. The van der Waals surface area contributed by atoms with Crippen LogP contribution in [0.1, 0.15) is 5.69 Å². The van der Waals surface area contributed by atoms with Crippen LogP contribution in [0.2, 0.25) is 0 Å². The van der Waals surface area contributed by atoms with Gasteiger partial charge in [0, 0.05) is 31.5 Å². The Morgan fingerprint density at radius 3 is 2.34 bits per heavy atom. The standard InChI is InChI=1S/C21H23N6O2/c1-14-18(21(28)27(25(14)4)17-8-6-5-7-9-17)26-19(20(22)29-23-26)15-10-12-16(13-11-15)24(2)3/h5-13H,22H2,1-4H3/q+1. The second kappa shape index (κ2) is 6.97. The van der Waals surface area contributed by atoms with Crippen molar-refractivity contribution in [1.82, 2.24) is 14.6 Å². The molecule has 0 spiro atoms. The molecule has 8 nitrogen and oxygen atoms in total. The lowest BCUT2D eigenvalue weighted by Gasteiger charge is -2.11. The van der Waals surface area contributed by atoms with Crippen molar-refractivity contribution in [3.63, 3.8) is 0 Å².